The molecule has 2 heterocycles. The highest BCUT2D eigenvalue weighted by Gasteiger charge is 2.21. The molecule has 1 saturated heterocycles. The van der Waals surface area contributed by atoms with Gasteiger partial charge in [-0.25, -0.2) is 0 Å². The first-order chi connectivity index (χ1) is 6.81. The third kappa shape index (κ3) is 1.80. The Bertz CT molecular complexity index is 352. The molecule has 1 atom stereocenters. The number of nitriles is 1. The molecule has 1 aliphatic heterocycles. The average Bonchev–Trinajstić information content (AvgIpc) is 2.67. The van der Waals surface area contributed by atoms with Gasteiger partial charge in [-0.3, -0.25) is 4.90 Å². The summed E-state index contributed by atoms with van der Waals surface area (Å²) in [5, 5.41) is 14.0. The second kappa shape index (κ2) is 4.09. The van der Waals surface area contributed by atoms with Crippen molar-refractivity contribution in [2.45, 2.75) is 6.04 Å². The number of nitrogens with one attached hydrogen (secondary N) is 1. The fourth-order valence-corrected chi connectivity index (χ4v) is 2.71. The van der Waals surface area contributed by atoms with Crippen LogP contribution in [-0.2, 0) is 0 Å². The topological polar surface area (TPSA) is 39.1 Å². The maximum absolute atomic E-state index is 8.74. The molecule has 0 saturated carbocycles. The van der Waals surface area contributed by atoms with Crippen LogP contribution in [0.3, 0.4) is 0 Å². The lowest BCUT2D eigenvalue weighted by Gasteiger charge is -2.32. The third-order valence-electron chi connectivity index (χ3n) is 2.59. The fraction of sp³-hybridized carbons (Fsp3) is 0.500. The van der Waals surface area contributed by atoms with Crippen LogP contribution in [0.25, 0.3) is 0 Å². The molecule has 74 valence electrons. The normalized spacial score (nSPS) is 23.3. The van der Waals surface area contributed by atoms with Crippen molar-refractivity contribution in [2.75, 3.05) is 26.7 Å². The number of hydrogen-bond acceptors (Lipinski definition) is 4. The lowest BCUT2D eigenvalue weighted by Crippen LogP contribution is -2.43. The number of rotatable bonds is 1. The Morgan fingerprint density at radius 1 is 1.71 bits per heavy atom. The molecule has 1 N–H and O–H groups in total. The SMILES string of the molecule is CN1CCNCC1c1cc(C#N)cs1. The highest BCUT2D eigenvalue weighted by molar-refractivity contribution is 7.10. The fourth-order valence-electron chi connectivity index (χ4n) is 1.71. The number of thiophene rings is 1. The summed E-state index contributed by atoms with van der Waals surface area (Å²) < 4.78 is 0. The summed E-state index contributed by atoms with van der Waals surface area (Å²) in [6.07, 6.45) is 0. The number of likely N-dealkylation sites (N-methyl/N-ethyl adjacent to an activating group) is 1. The predicted molar refractivity (Wildman–Crippen MR) is 57.3 cm³/mol. The molecule has 2 rings (SSSR count). The molecule has 0 amide bonds. The van der Waals surface area contributed by atoms with E-state index in [0.717, 1.165) is 25.2 Å². The highest BCUT2D eigenvalue weighted by atomic mass is 32.1. The molecule has 0 bridgehead atoms. The molecule has 4 heteroatoms. The number of piperazine rings is 1. The summed E-state index contributed by atoms with van der Waals surface area (Å²) in [5.74, 6) is 0. The average molecular weight is 207 g/mol. The van der Waals surface area contributed by atoms with Crippen molar-refractivity contribution < 1.29 is 0 Å². The largest absolute Gasteiger partial charge is 0.314 e. The summed E-state index contributed by atoms with van der Waals surface area (Å²) >= 11 is 1.68. The second-order valence-electron chi connectivity index (χ2n) is 3.55. The molecule has 1 aromatic rings. The van der Waals surface area contributed by atoms with E-state index in [0.29, 0.717) is 6.04 Å². The van der Waals surface area contributed by atoms with Gasteiger partial charge in [0.2, 0.25) is 0 Å². The van der Waals surface area contributed by atoms with Crippen LogP contribution in [0, 0.1) is 11.3 Å². The molecule has 1 aliphatic rings. The lowest BCUT2D eigenvalue weighted by molar-refractivity contribution is 0.205. The molecule has 14 heavy (non-hydrogen) atoms. The summed E-state index contributed by atoms with van der Waals surface area (Å²) in [4.78, 5) is 3.62. The molecule has 1 aromatic heterocycles. The molecule has 3 nitrogen and oxygen atoms in total. The minimum absolute atomic E-state index is 0.441. The second-order valence-corrected chi connectivity index (χ2v) is 4.49. The van der Waals surface area contributed by atoms with Gasteiger partial charge in [0.25, 0.3) is 0 Å². The van der Waals surface area contributed by atoms with E-state index in [9.17, 15) is 0 Å². The predicted octanol–water partition coefficient (Wildman–Crippen LogP) is 1.20. The molecule has 0 radical (unpaired) electrons. The Morgan fingerprint density at radius 3 is 3.21 bits per heavy atom. The molecule has 1 fully saturated rings. The van der Waals surface area contributed by atoms with Crippen LogP contribution in [0.1, 0.15) is 16.5 Å². The van der Waals surface area contributed by atoms with Gasteiger partial charge in [0.1, 0.15) is 6.07 Å². The molecule has 0 spiro atoms. The van der Waals surface area contributed by atoms with E-state index >= 15 is 0 Å². The van der Waals surface area contributed by atoms with E-state index in [4.69, 9.17) is 5.26 Å². The smallest absolute Gasteiger partial charge is 0.100 e. The lowest BCUT2D eigenvalue weighted by atomic mass is 10.1. The first kappa shape index (κ1) is 9.66. The van der Waals surface area contributed by atoms with Crippen molar-refractivity contribution in [3.8, 4) is 6.07 Å². The van der Waals surface area contributed by atoms with Gasteiger partial charge in [-0.15, -0.1) is 11.3 Å². The van der Waals surface area contributed by atoms with Gasteiger partial charge >= 0.3 is 0 Å². The van der Waals surface area contributed by atoms with Crippen LogP contribution < -0.4 is 5.32 Å². The Balaban J connectivity index is 2.17. The summed E-state index contributed by atoms with van der Waals surface area (Å²) in [7, 11) is 2.14. The first-order valence-electron chi connectivity index (χ1n) is 4.71. The first-order valence-corrected chi connectivity index (χ1v) is 5.58. The zero-order valence-electron chi connectivity index (χ0n) is 8.16. The van der Waals surface area contributed by atoms with Gasteiger partial charge in [0.05, 0.1) is 11.6 Å². The standard InChI is InChI=1S/C10H13N3S/c1-13-3-2-12-6-9(13)10-4-8(5-11)7-14-10/h4,7,9,12H,2-3,6H2,1H3. The zero-order chi connectivity index (χ0) is 9.97. The zero-order valence-corrected chi connectivity index (χ0v) is 8.97. The quantitative estimate of drug-likeness (QED) is 0.752. The number of hydrogen-bond donors (Lipinski definition) is 1. The molecular weight excluding hydrogens is 194 g/mol. The third-order valence-corrected chi connectivity index (χ3v) is 3.62. The van der Waals surface area contributed by atoms with Gasteiger partial charge < -0.3 is 5.32 Å². The van der Waals surface area contributed by atoms with Crippen molar-refractivity contribution in [3.05, 3.63) is 21.9 Å². The summed E-state index contributed by atoms with van der Waals surface area (Å²) in [5.41, 5.74) is 0.781. The van der Waals surface area contributed by atoms with Crippen LogP contribution in [0.15, 0.2) is 11.4 Å². The van der Waals surface area contributed by atoms with Crippen molar-refractivity contribution in [1.82, 2.24) is 10.2 Å². The van der Waals surface area contributed by atoms with Crippen LogP contribution in [-0.4, -0.2) is 31.6 Å². The van der Waals surface area contributed by atoms with Crippen molar-refractivity contribution in [1.29, 1.82) is 5.26 Å². The van der Waals surface area contributed by atoms with Gasteiger partial charge in [0, 0.05) is 29.9 Å². The van der Waals surface area contributed by atoms with E-state index < -0.39 is 0 Å². The van der Waals surface area contributed by atoms with E-state index in [-0.39, 0.29) is 0 Å². The highest BCUT2D eigenvalue weighted by Crippen LogP contribution is 2.26. The van der Waals surface area contributed by atoms with Crippen LogP contribution >= 0.6 is 11.3 Å². The van der Waals surface area contributed by atoms with Gasteiger partial charge in [-0.1, -0.05) is 0 Å². The Labute approximate surface area is 88.0 Å². The van der Waals surface area contributed by atoms with Gasteiger partial charge in [-0.05, 0) is 13.1 Å². The van der Waals surface area contributed by atoms with Crippen molar-refractivity contribution in [2.24, 2.45) is 0 Å². The van der Waals surface area contributed by atoms with E-state index in [1.165, 1.54) is 4.88 Å². The Hall–Kier alpha value is -0.890. The van der Waals surface area contributed by atoms with Gasteiger partial charge in [-0.2, -0.15) is 5.26 Å². The van der Waals surface area contributed by atoms with E-state index in [1.54, 1.807) is 11.3 Å². The van der Waals surface area contributed by atoms with Gasteiger partial charge in [0.15, 0.2) is 0 Å². The monoisotopic (exact) mass is 207 g/mol. The van der Waals surface area contributed by atoms with E-state index in [2.05, 4.69) is 23.3 Å². The summed E-state index contributed by atoms with van der Waals surface area (Å²) in [6, 6.07) is 4.61. The van der Waals surface area contributed by atoms with Crippen molar-refractivity contribution >= 4 is 11.3 Å². The summed E-state index contributed by atoms with van der Waals surface area (Å²) in [6.45, 7) is 3.12. The number of nitrogens with zero attached hydrogens (tertiary/aromatic N) is 2. The maximum Gasteiger partial charge on any atom is 0.100 e. The Morgan fingerprint density at radius 2 is 2.57 bits per heavy atom. The van der Waals surface area contributed by atoms with Crippen LogP contribution in [0.4, 0.5) is 0 Å². The molecular formula is C10H13N3S. The maximum atomic E-state index is 8.74. The van der Waals surface area contributed by atoms with Crippen LogP contribution in [0.2, 0.25) is 0 Å². The molecule has 0 aromatic carbocycles. The Kier molecular flexibility index (Phi) is 2.82. The minimum Gasteiger partial charge on any atom is -0.314 e. The molecule has 1 unspecified atom stereocenters. The van der Waals surface area contributed by atoms with Crippen molar-refractivity contribution in [3.63, 3.8) is 0 Å². The molecule has 0 aliphatic carbocycles. The minimum atomic E-state index is 0.441. The van der Waals surface area contributed by atoms with E-state index in [1.807, 2.05) is 11.4 Å². The van der Waals surface area contributed by atoms with Crippen LogP contribution in [0.5, 0.6) is 0 Å².